The number of hydrogen-bond donors (Lipinski definition) is 2. The van der Waals surface area contributed by atoms with Crippen molar-refractivity contribution in [2.75, 3.05) is 11.1 Å². The summed E-state index contributed by atoms with van der Waals surface area (Å²) >= 11 is 1.50. The van der Waals surface area contributed by atoms with Gasteiger partial charge in [0, 0.05) is 23.6 Å². The van der Waals surface area contributed by atoms with Gasteiger partial charge in [0.1, 0.15) is 5.82 Å². The molecule has 0 saturated heterocycles. The van der Waals surface area contributed by atoms with Crippen LogP contribution in [0.25, 0.3) is 0 Å². The number of anilines is 1. The number of aryl methyl sites for hydroxylation is 1. The van der Waals surface area contributed by atoms with Gasteiger partial charge >= 0.3 is 0 Å². The minimum Gasteiger partial charge on any atom is -0.343 e. The van der Waals surface area contributed by atoms with E-state index in [1.807, 2.05) is 38.1 Å². The second kappa shape index (κ2) is 6.92. The van der Waals surface area contributed by atoms with E-state index in [1.54, 1.807) is 0 Å². The molecule has 2 aliphatic rings. The number of hydrogen-bond acceptors (Lipinski definition) is 5. The summed E-state index contributed by atoms with van der Waals surface area (Å²) in [5, 5.41) is 3.95. The Morgan fingerprint density at radius 3 is 2.57 bits per heavy atom. The standard InChI is InChI=1S/C22H25N3O2S/c1-5-28-21-24-19-18(20(27)25-21)16(13-8-6-12(2)7-9-13)17-14(23-19)10-22(3,4)11-15(17)26/h6-9,16H,5,10-11H2,1-4H3,(H2,23,24,25,27)/t16-/m0/s1. The zero-order valence-electron chi connectivity index (χ0n) is 16.7. The maximum Gasteiger partial charge on any atom is 0.257 e. The number of aromatic amines is 1. The summed E-state index contributed by atoms with van der Waals surface area (Å²) in [5.74, 6) is 1.13. The normalized spacial score (nSPS) is 20.4. The maximum atomic E-state index is 13.2. The van der Waals surface area contributed by atoms with Crippen molar-refractivity contribution >= 4 is 23.4 Å². The molecule has 2 heterocycles. The predicted molar refractivity (Wildman–Crippen MR) is 113 cm³/mol. The predicted octanol–water partition coefficient (Wildman–Crippen LogP) is 4.39. The van der Waals surface area contributed by atoms with Gasteiger partial charge in [-0.15, -0.1) is 0 Å². The molecule has 28 heavy (non-hydrogen) atoms. The smallest absolute Gasteiger partial charge is 0.257 e. The van der Waals surface area contributed by atoms with Crippen molar-refractivity contribution in [2.24, 2.45) is 5.41 Å². The highest BCUT2D eigenvalue weighted by atomic mass is 32.2. The summed E-state index contributed by atoms with van der Waals surface area (Å²) in [6.45, 7) is 8.27. The third-order valence-corrected chi connectivity index (χ3v) is 6.15. The van der Waals surface area contributed by atoms with Gasteiger partial charge in [-0.25, -0.2) is 4.98 Å². The molecule has 4 rings (SSSR count). The summed E-state index contributed by atoms with van der Waals surface area (Å²) in [7, 11) is 0. The van der Waals surface area contributed by atoms with Gasteiger partial charge in [0.05, 0.1) is 5.56 Å². The lowest BCUT2D eigenvalue weighted by Gasteiger charge is -2.38. The minimum atomic E-state index is -0.382. The molecule has 1 aliphatic heterocycles. The molecule has 146 valence electrons. The first-order valence-electron chi connectivity index (χ1n) is 9.66. The molecule has 1 atom stereocenters. The van der Waals surface area contributed by atoms with Crippen LogP contribution < -0.4 is 10.9 Å². The average molecular weight is 396 g/mol. The van der Waals surface area contributed by atoms with E-state index in [-0.39, 0.29) is 22.7 Å². The van der Waals surface area contributed by atoms with E-state index in [2.05, 4.69) is 29.1 Å². The van der Waals surface area contributed by atoms with Crippen molar-refractivity contribution < 1.29 is 4.79 Å². The molecule has 1 aliphatic carbocycles. The average Bonchev–Trinajstić information content (AvgIpc) is 2.60. The van der Waals surface area contributed by atoms with Crippen LogP contribution in [0.4, 0.5) is 5.82 Å². The van der Waals surface area contributed by atoms with Crippen LogP contribution in [0.3, 0.4) is 0 Å². The van der Waals surface area contributed by atoms with Crippen LogP contribution >= 0.6 is 11.8 Å². The molecule has 0 fully saturated rings. The number of nitrogens with zero attached hydrogens (tertiary/aromatic N) is 1. The number of ketones is 1. The maximum absolute atomic E-state index is 13.2. The molecule has 0 bridgehead atoms. The van der Waals surface area contributed by atoms with E-state index >= 15 is 0 Å². The zero-order valence-corrected chi connectivity index (χ0v) is 17.5. The molecule has 0 radical (unpaired) electrons. The number of rotatable bonds is 3. The van der Waals surface area contributed by atoms with Crippen molar-refractivity contribution in [1.29, 1.82) is 0 Å². The summed E-state index contributed by atoms with van der Waals surface area (Å²) in [6, 6.07) is 8.08. The molecular formula is C22H25N3O2S. The lowest BCUT2D eigenvalue weighted by atomic mass is 9.69. The monoisotopic (exact) mass is 395 g/mol. The van der Waals surface area contributed by atoms with E-state index in [1.165, 1.54) is 11.8 Å². The van der Waals surface area contributed by atoms with Gasteiger partial charge in [-0.05, 0) is 30.1 Å². The fraction of sp³-hybridized carbons (Fsp3) is 0.409. The number of H-pyrrole nitrogens is 1. The van der Waals surface area contributed by atoms with Gasteiger partial charge in [-0.2, -0.15) is 0 Å². The number of allylic oxidation sites excluding steroid dienone is 2. The van der Waals surface area contributed by atoms with E-state index in [4.69, 9.17) is 0 Å². The lowest BCUT2D eigenvalue weighted by molar-refractivity contribution is -0.118. The molecule has 1 aromatic carbocycles. The number of carbonyl (C=O) groups excluding carboxylic acids is 1. The van der Waals surface area contributed by atoms with E-state index in [9.17, 15) is 9.59 Å². The van der Waals surface area contributed by atoms with Crippen LogP contribution in [0.2, 0.25) is 0 Å². The second-order valence-corrected chi connectivity index (χ2v) is 9.62. The summed E-state index contributed by atoms with van der Waals surface area (Å²) in [6.07, 6.45) is 1.25. The lowest BCUT2D eigenvalue weighted by Crippen LogP contribution is -2.37. The zero-order chi connectivity index (χ0) is 20.1. The first-order chi connectivity index (χ1) is 13.3. The second-order valence-electron chi connectivity index (χ2n) is 8.37. The molecule has 0 unspecified atom stereocenters. The Balaban J connectivity index is 1.95. The number of fused-ring (bicyclic) bond motifs is 1. The minimum absolute atomic E-state index is 0.111. The van der Waals surface area contributed by atoms with E-state index < -0.39 is 0 Å². The van der Waals surface area contributed by atoms with Gasteiger partial charge in [0.2, 0.25) is 0 Å². The highest BCUT2D eigenvalue weighted by Gasteiger charge is 2.42. The SMILES string of the molecule is CCSc1nc2c(c(=O)[nH]1)[C@@H](c1ccc(C)cc1)C1=C(CC(C)(C)CC1=O)N2. The Kier molecular flexibility index (Phi) is 4.70. The quantitative estimate of drug-likeness (QED) is 0.595. The first kappa shape index (κ1) is 19.0. The fourth-order valence-electron chi connectivity index (χ4n) is 4.19. The molecule has 6 heteroatoms. The van der Waals surface area contributed by atoms with Gasteiger partial charge in [-0.1, -0.05) is 62.4 Å². The van der Waals surface area contributed by atoms with Crippen molar-refractivity contribution in [1.82, 2.24) is 9.97 Å². The van der Waals surface area contributed by atoms with Crippen molar-refractivity contribution in [3.05, 3.63) is 62.6 Å². The molecule has 1 aromatic heterocycles. The topological polar surface area (TPSA) is 74.8 Å². The fourth-order valence-corrected chi connectivity index (χ4v) is 4.78. The van der Waals surface area contributed by atoms with Crippen LogP contribution in [-0.4, -0.2) is 21.5 Å². The number of benzene rings is 1. The highest BCUT2D eigenvalue weighted by Crippen LogP contribution is 2.47. The third kappa shape index (κ3) is 3.30. The Bertz CT molecular complexity index is 1030. The Morgan fingerprint density at radius 1 is 1.18 bits per heavy atom. The van der Waals surface area contributed by atoms with Crippen LogP contribution in [0, 0.1) is 12.3 Å². The van der Waals surface area contributed by atoms with Crippen molar-refractivity contribution in [2.45, 2.75) is 51.6 Å². The molecular weight excluding hydrogens is 370 g/mol. The molecule has 2 aromatic rings. The highest BCUT2D eigenvalue weighted by molar-refractivity contribution is 7.99. The van der Waals surface area contributed by atoms with Crippen molar-refractivity contribution in [3.8, 4) is 0 Å². The summed E-state index contributed by atoms with van der Waals surface area (Å²) < 4.78 is 0. The largest absolute Gasteiger partial charge is 0.343 e. The van der Waals surface area contributed by atoms with Crippen molar-refractivity contribution in [3.63, 3.8) is 0 Å². The molecule has 0 saturated carbocycles. The molecule has 0 amide bonds. The van der Waals surface area contributed by atoms with Crippen LogP contribution in [-0.2, 0) is 4.79 Å². The number of thioether (sulfide) groups is 1. The van der Waals surface area contributed by atoms with E-state index in [0.29, 0.717) is 23.0 Å². The van der Waals surface area contributed by atoms with E-state index in [0.717, 1.165) is 34.6 Å². The Labute approximate surface area is 169 Å². The molecule has 0 spiro atoms. The first-order valence-corrected chi connectivity index (χ1v) is 10.6. The van der Waals surface area contributed by atoms with Gasteiger partial charge < -0.3 is 10.3 Å². The van der Waals surface area contributed by atoms with Crippen LogP contribution in [0.5, 0.6) is 0 Å². The molecule has 5 nitrogen and oxygen atoms in total. The van der Waals surface area contributed by atoms with Crippen LogP contribution in [0.15, 0.2) is 45.5 Å². The molecule has 2 N–H and O–H groups in total. The summed E-state index contributed by atoms with van der Waals surface area (Å²) in [5.41, 5.74) is 3.98. The summed E-state index contributed by atoms with van der Waals surface area (Å²) in [4.78, 5) is 33.8. The van der Waals surface area contributed by atoms with Gasteiger partial charge in [0.15, 0.2) is 10.9 Å². The third-order valence-electron chi connectivity index (χ3n) is 5.39. The Hall–Kier alpha value is -2.34. The Morgan fingerprint density at radius 2 is 1.89 bits per heavy atom. The number of aromatic nitrogens is 2. The number of Topliss-reactive ketones (excluding diaryl/α,β-unsaturated/α-hetero) is 1. The van der Waals surface area contributed by atoms with Gasteiger partial charge in [0.25, 0.3) is 5.56 Å². The number of carbonyl (C=O) groups is 1. The van der Waals surface area contributed by atoms with Gasteiger partial charge in [-0.3, -0.25) is 9.59 Å². The van der Waals surface area contributed by atoms with Crippen LogP contribution in [0.1, 0.15) is 56.2 Å². The number of nitrogens with one attached hydrogen (secondary N) is 2.